The standard InChI is InChI=1S/C17H21BrN2O2S/c1-11(14-8-9-15(18)23-14)19-12-6-5-7-13(10-12)20-16(21)22-17(2,3)4/h5-11,19H,1-4H3,(H,20,21). The van der Waals surface area contributed by atoms with Gasteiger partial charge in [0.25, 0.3) is 0 Å². The number of ether oxygens (including phenoxy) is 1. The van der Waals surface area contributed by atoms with Crippen LogP contribution in [0.3, 0.4) is 0 Å². The van der Waals surface area contributed by atoms with Gasteiger partial charge in [-0.15, -0.1) is 11.3 Å². The van der Waals surface area contributed by atoms with Crippen molar-refractivity contribution in [3.05, 3.63) is 45.1 Å². The lowest BCUT2D eigenvalue weighted by Crippen LogP contribution is -2.27. The first kappa shape index (κ1) is 17.8. The normalized spacial score (nSPS) is 12.6. The van der Waals surface area contributed by atoms with Gasteiger partial charge in [0.15, 0.2) is 0 Å². The lowest BCUT2D eigenvalue weighted by Gasteiger charge is -2.20. The van der Waals surface area contributed by atoms with Gasteiger partial charge in [-0.25, -0.2) is 4.79 Å². The summed E-state index contributed by atoms with van der Waals surface area (Å²) in [5, 5.41) is 6.18. The predicted octanol–water partition coefficient (Wildman–Crippen LogP) is 6.03. The molecule has 0 spiro atoms. The number of rotatable bonds is 4. The molecule has 1 amide bonds. The van der Waals surface area contributed by atoms with Crippen molar-refractivity contribution in [1.82, 2.24) is 0 Å². The van der Waals surface area contributed by atoms with E-state index in [-0.39, 0.29) is 6.04 Å². The van der Waals surface area contributed by atoms with Gasteiger partial charge in [-0.2, -0.15) is 0 Å². The largest absolute Gasteiger partial charge is 0.444 e. The summed E-state index contributed by atoms with van der Waals surface area (Å²) in [5.41, 5.74) is 1.13. The van der Waals surface area contributed by atoms with Crippen molar-refractivity contribution in [3.63, 3.8) is 0 Å². The van der Waals surface area contributed by atoms with E-state index in [2.05, 4.69) is 39.6 Å². The highest BCUT2D eigenvalue weighted by atomic mass is 79.9. The third-order valence-corrected chi connectivity index (χ3v) is 4.72. The van der Waals surface area contributed by atoms with Gasteiger partial charge >= 0.3 is 6.09 Å². The molecule has 124 valence electrons. The van der Waals surface area contributed by atoms with E-state index in [4.69, 9.17) is 4.74 Å². The number of halogens is 1. The van der Waals surface area contributed by atoms with Crippen LogP contribution in [0.2, 0.25) is 0 Å². The van der Waals surface area contributed by atoms with Crippen molar-refractivity contribution >= 4 is 44.7 Å². The van der Waals surface area contributed by atoms with E-state index in [9.17, 15) is 4.79 Å². The van der Waals surface area contributed by atoms with Crippen LogP contribution in [0.5, 0.6) is 0 Å². The number of hydrogen-bond acceptors (Lipinski definition) is 4. The number of nitrogens with one attached hydrogen (secondary N) is 2. The highest BCUT2D eigenvalue weighted by Gasteiger charge is 2.16. The maximum Gasteiger partial charge on any atom is 0.412 e. The number of carbonyl (C=O) groups excluding carboxylic acids is 1. The molecule has 0 aliphatic heterocycles. The Balaban J connectivity index is 2.01. The third kappa shape index (κ3) is 5.88. The monoisotopic (exact) mass is 396 g/mol. The molecular weight excluding hydrogens is 376 g/mol. The average Bonchev–Trinajstić information content (AvgIpc) is 2.83. The van der Waals surface area contributed by atoms with Crippen molar-refractivity contribution in [1.29, 1.82) is 0 Å². The molecule has 0 saturated heterocycles. The smallest absolute Gasteiger partial charge is 0.412 e. The minimum atomic E-state index is -0.513. The molecule has 23 heavy (non-hydrogen) atoms. The molecule has 1 aromatic carbocycles. The van der Waals surface area contributed by atoms with Gasteiger partial charge in [0.1, 0.15) is 5.60 Å². The fourth-order valence-corrected chi connectivity index (χ4v) is 3.42. The van der Waals surface area contributed by atoms with Crippen LogP contribution in [0.1, 0.15) is 38.6 Å². The summed E-state index contributed by atoms with van der Waals surface area (Å²) < 4.78 is 6.37. The van der Waals surface area contributed by atoms with E-state index in [1.165, 1.54) is 4.88 Å². The third-order valence-electron chi connectivity index (χ3n) is 2.91. The molecule has 2 N–H and O–H groups in total. The van der Waals surface area contributed by atoms with E-state index >= 15 is 0 Å². The van der Waals surface area contributed by atoms with Crippen LogP contribution >= 0.6 is 27.3 Å². The van der Waals surface area contributed by atoms with Gasteiger partial charge in [0.05, 0.1) is 9.83 Å². The predicted molar refractivity (Wildman–Crippen MR) is 100 cm³/mol. The summed E-state index contributed by atoms with van der Waals surface area (Å²) in [4.78, 5) is 13.1. The summed E-state index contributed by atoms with van der Waals surface area (Å²) in [6.45, 7) is 7.62. The average molecular weight is 397 g/mol. The molecule has 0 aliphatic rings. The molecule has 1 atom stereocenters. The maximum absolute atomic E-state index is 11.8. The Morgan fingerprint density at radius 2 is 1.91 bits per heavy atom. The topological polar surface area (TPSA) is 50.4 Å². The first-order valence-electron chi connectivity index (χ1n) is 7.35. The van der Waals surface area contributed by atoms with Crippen LogP contribution in [0.15, 0.2) is 40.2 Å². The molecule has 0 saturated carbocycles. The Morgan fingerprint density at radius 3 is 2.52 bits per heavy atom. The van der Waals surface area contributed by atoms with E-state index in [1.807, 2.05) is 51.1 Å². The van der Waals surface area contributed by atoms with Gasteiger partial charge in [0.2, 0.25) is 0 Å². The zero-order valence-electron chi connectivity index (χ0n) is 13.6. The Hall–Kier alpha value is -1.53. The molecule has 0 fully saturated rings. The minimum Gasteiger partial charge on any atom is -0.444 e. The second-order valence-corrected chi connectivity index (χ2v) is 8.71. The van der Waals surface area contributed by atoms with E-state index in [0.717, 1.165) is 9.47 Å². The van der Waals surface area contributed by atoms with E-state index in [1.54, 1.807) is 11.3 Å². The fraction of sp³-hybridized carbons (Fsp3) is 0.353. The van der Waals surface area contributed by atoms with Gasteiger partial charge < -0.3 is 10.1 Å². The Labute approximate surface area is 149 Å². The Kier molecular flexibility index (Phi) is 5.70. The zero-order valence-corrected chi connectivity index (χ0v) is 16.0. The Morgan fingerprint density at radius 1 is 1.22 bits per heavy atom. The summed E-state index contributed by atoms with van der Waals surface area (Å²) in [6.07, 6.45) is -0.454. The Bertz CT molecular complexity index is 679. The SMILES string of the molecule is CC(Nc1cccc(NC(=O)OC(C)(C)C)c1)c1ccc(Br)s1. The number of thiophene rings is 1. The lowest BCUT2D eigenvalue weighted by molar-refractivity contribution is 0.0636. The molecule has 4 nitrogen and oxygen atoms in total. The first-order valence-corrected chi connectivity index (χ1v) is 8.96. The molecular formula is C17H21BrN2O2S. The second-order valence-electron chi connectivity index (χ2n) is 6.22. The summed E-state index contributed by atoms with van der Waals surface area (Å²) in [5.74, 6) is 0. The zero-order chi connectivity index (χ0) is 17.0. The lowest BCUT2D eigenvalue weighted by atomic mass is 10.2. The van der Waals surface area contributed by atoms with Gasteiger partial charge in [-0.3, -0.25) is 5.32 Å². The summed E-state index contributed by atoms with van der Waals surface area (Å²) in [7, 11) is 0. The molecule has 0 radical (unpaired) electrons. The van der Waals surface area contributed by atoms with Crippen LogP contribution in [0.25, 0.3) is 0 Å². The van der Waals surface area contributed by atoms with Crippen molar-refractivity contribution in [2.45, 2.75) is 39.3 Å². The van der Waals surface area contributed by atoms with Gasteiger partial charge in [0, 0.05) is 16.3 Å². The van der Waals surface area contributed by atoms with Crippen LogP contribution in [-0.2, 0) is 4.74 Å². The molecule has 6 heteroatoms. The fourth-order valence-electron chi connectivity index (χ4n) is 1.99. The molecule has 0 bridgehead atoms. The quantitative estimate of drug-likeness (QED) is 0.662. The summed E-state index contributed by atoms with van der Waals surface area (Å²) in [6, 6.07) is 11.9. The molecule has 1 aromatic heterocycles. The van der Waals surface area contributed by atoms with Crippen molar-refractivity contribution in [2.75, 3.05) is 10.6 Å². The minimum absolute atomic E-state index is 0.183. The number of anilines is 2. The van der Waals surface area contributed by atoms with E-state index < -0.39 is 11.7 Å². The highest BCUT2D eigenvalue weighted by molar-refractivity contribution is 9.11. The van der Waals surface area contributed by atoms with Crippen LogP contribution in [0, 0.1) is 0 Å². The van der Waals surface area contributed by atoms with Crippen LogP contribution in [-0.4, -0.2) is 11.7 Å². The van der Waals surface area contributed by atoms with Crippen molar-refractivity contribution in [3.8, 4) is 0 Å². The first-order chi connectivity index (χ1) is 10.7. The molecule has 2 aromatic rings. The molecule has 0 aliphatic carbocycles. The van der Waals surface area contributed by atoms with Crippen molar-refractivity contribution in [2.24, 2.45) is 0 Å². The maximum atomic E-state index is 11.8. The number of benzene rings is 1. The molecule has 1 heterocycles. The van der Waals surface area contributed by atoms with Gasteiger partial charge in [-0.1, -0.05) is 6.07 Å². The molecule has 1 unspecified atom stereocenters. The molecule has 2 rings (SSSR count). The number of hydrogen-bond donors (Lipinski definition) is 2. The van der Waals surface area contributed by atoms with E-state index in [0.29, 0.717) is 5.69 Å². The number of amides is 1. The second kappa shape index (κ2) is 7.36. The number of carbonyl (C=O) groups is 1. The highest BCUT2D eigenvalue weighted by Crippen LogP contribution is 2.29. The van der Waals surface area contributed by atoms with Crippen LogP contribution in [0.4, 0.5) is 16.2 Å². The summed E-state index contributed by atoms with van der Waals surface area (Å²) >= 11 is 5.18. The van der Waals surface area contributed by atoms with Crippen LogP contribution < -0.4 is 10.6 Å². The van der Waals surface area contributed by atoms with Gasteiger partial charge in [-0.05, 0) is 74.0 Å². The van der Waals surface area contributed by atoms with Crippen molar-refractivity contribution < 1.29 is 9.53 Å².